The fraction of sp³-hybridized carbons (Fsp3) is 0.0667. The van der Waals surface area contributed by atoms with Crippen LogP contribution in [0.4, 0.5) is 11.4 Å². The zero-order valence-corrected chi connectivity index (χ0v) is 14.3. The Balaban J connectivity index is 2.02. The number of anilines is 2. The number of rotatable bonds is 2. The zero-order chi connectivity index (χ0) is 15.4. The molecule has 2 aromatic rings. The van der Waals surface area contributed by atoms with E-state index in [9.17, 15) is 9.59 Å². The number of amides is 2. The summed E-state index contributed by atoms with van der Waals surface area (Å²) in [7, 11) is 0. The maximum atomic E-state index is 11.9. The molecule has 0 saturated heterocycles. The van der Waals surface area contributed by atoms with Crippen LogP contribution >= 0.6 is 31.9 Å². The molecule has 0 heterocycles. The largest absolute Gasteiger partial charge is 0.318 e. The van der Waals surface area contributed by atoms with Crippen LogP contribution in [0.25, 0.3) is 0 Å². The van der Waals surface area contributed by atoms with Gasteiger partial charge in [0.1, 0.15) is 0 Å². The van der Waals surface area contributed by atoms with Crippen LogP contribution < -0.4 is 10.6 Å². The lowest BCUT2D eigenvalue weighted by Gasteiger charge is -2.08. The standard InChI is InChI=1S/C15H12Br2N2O2/c1-9-2-7-13(12(17)8-9)19-15(21)14(20)18-11-5-3-10(16)4-6-11/h2-8H,1H3,(H,18,20)(H,19,21). The molecule has 0 aromatic heterocycles. The first-order valence-corrected chi connectivity index (χ1v) is 7.68. The van der Waals surface area contributed by atoms with E-state index < -0.39 is 11.8 Å². The molecule has 2 amide bonds. The third-order valence-corrected chi connectivity index (χ3v) is 3.87. The van der Waals surface area contributed by atoms with Crippen LogP contribution in [0.5, 0.6) is 0 Å². The first-order valence-electron chi connectivity index (χ1n) is 6.10. The van der Waals surface area contributed by atoms with Gasteiger partial charge in [-0.05, 0) is 64.8 Å². The van der Waals surface area contributed by atoms with Gasteiger partial charge in [0.25, 0.3) is 0 Å². The number of nitrogens with one attached hydrogen (secondary N) is 2. The van der Waals surface area contributed by atoms with E-state index in [1.54, 1.807) is 30.3 Å². The Labute approximate surface area is 139 Å². The normalized spacial score (nSPS) is 10.0. The van der Waals surface area contributed by atoms with Crippen molar-refractivity contribution in [3.8, 4) is 0 Å². The van der Waals surface area contributed by atoms with Crippen LogP contribution in [0.1, 0.15) is 5.56 Å². The van der Waals surface area contributed by atoms with Crippen molar-refractivity contribution < 1.29 is 9.59 Å². The van der Waals surface area contributed by atoms with E-state index in [4.69, 9.17) is 0 Å². The maximum Gasteiger partial charge on any atom is 0.314 e. The molecular formula is C15H12Br2N2O2. The molecule has 0 atom stereocenters. The number of halogens is 2. The molecule has 2 N–H and O–H groups in total. The summed E-state index contributed by atoms with van der Waals surface area (Å²) < 4.78 is 1.63. The second kappa shape index (κ2) is 6.87. The Morgan fingerprint density at radius 3 is 2.14 bits per heavy atom. The maximum absolute atomic E-state index is 11.9. The third kappa shape index (κ3) is 4.41. The van der Waals surface area contributed by atoms with Gasteiger partial charge in [-0.2, -0.15) is 0 Å². The molecular weight excluding hydrogens is 400 g/mol. The van der Waals surface area contributed by atoms with Gasteiger partial charge in [-0.1, -0.05) is 22.0 Å². The van der Waals surface area contributed by atoms with Crippen LogP contribution in [0.3, 0.4) is 0 Å². The van der Waals surface area contributed by atoms with Gasteiger partial charge in [-0.3, -0.25) is 9.59 Å². The number of aryl methyl sites for hydroxylation is 1. The lowest BCUT2D eigenvalue weighted by atomic mass is 10.2. The van der Waals surface area contributed by atoms with E-state index in [0.717, 1.165) is 14.5 Å². The molecule has 0 fully saturated rings. The summed E-state index contributed by atoms with van der Waals surface area (Å²) in [5, 5.41) is 5.09. The van der Waals surface area contributed by atoms with Crippen molar-refractivity contribution >= 4 is 55.0 Å². The molecule has 2 rings (SSSR count). The topological polar surface area (TPSA) is 58.2 Å². The van der Waals surface area contributed by atoms with Crippen LogP contribution in [-0.4, -0.2) is 11.8 Å². The second-order valence-corrected chi connectivity index (χ2v) is 6.17. The van der Waals surface area contributed by atoms with Crippen molar-refractivity contribution in [2.75, 3.05) is 10.6 Å². The second-order valence-electron chi connectivity index (χ2n) is 4.40. The Morgan fingerprint density at radius 1 is 0.905 bits per heavy atom. The first kappa shape index (κ1) is 15.7. The Kier molecular flexibility index (Phi) is 5.14. The van der Waals surface area contributed by atoms with Crippen LogP contribution in [0.15, 0.2) is 51.4 Å². The number of carbonyl (C=O) groups is 2. The summed E-state index contributed by atoms with van der Waals surface area (Å²) >= 11 is 6.65. The van der Waals surface area contributed by atoms with E-state index in [2.05, 4.69) is 42.5 Å². The summed E-state index contributed by atoms with van der Waals surface area (Å²) in [5.41, 5.74) is 2.16. The quantitative estimate of drug-likeness (QED) is 0.731. The lowest BCUT2D eigenvalue weighted by molar-refractivity contribution is -0.133. The molecule has 4 nitrogen and oxygen atoms in total. The molecule has 6 heteroatoms. The minimum Gasteiger partial charge on any atom is -0.318 e. The van der Waals surface area contributed by atoms with Crippen LogP contribution in [0.2, 0.25) is 0 Å². The van der Waals surface area contributed by atoms with E-state index in [1.165, 1.54) is 0 Å². The lowest BCUT2D eigenvalue weighted by Crippen LogP contribution is -2.29. The van der Waals surface area contributed by atoms with Gasteiger partial charge >= 0.3 is 11.8 Å². The fourth-order valence-electron chi connectivity index (χ4n) is 1.62. The van der Waals surface area contributed by atoms with Crippen molar-refractivity contribution in [3.05, 3.63) is 57.0 Å². The van der Waals surface area contributed by atoms with E-state index in [1.807, 2.05) is 19.1 Å². The summed E-state index contributed by atoms with van der Waals surface area (Å²) in [5.74, 6) is -1.44. The fourth-order valence-corrected chi connectivity index (χ4v) is 2.48. The molecule has 0 bridgehead atoms. The van der Waals surface area contributed by atoms with Gasteiger partial charge < -0.3 is 10.6 Å². The van der Waals surface area contributed by atoms with Gasteiger partial charge in [0.05, 0.1) is 5.69 Å². The smallest absolute Gasteiger partial charge is 0.314 e. The van der Waals surface area contributed by atoms with Crippen molar-refractivity contribution in [2.24, 2.45) is 0 Å². The number of benzene rings is 2. The molecule has 2 aromatic carbocycles. The highest BCUT2D eigenvalue weighted by Gasteiger charge is 2.15. The molecule has 0 spiro atoms. The van der Waals surface area contributed by atoms with Gasteiger partial charge in [-0.15, -0.1) is 0 Å². The summed E-state index contributed by atoms with van der Waals surface area (Å²) in [6, 6.07) is 12.4. The minimum atomic E-state index is -0.720. The highest BCUT2D eigenvalue weighted by atomic mass is 79.9. The minimum absolute atomic E-state index is 0.552. The Bertz CT molecular complexity index is 685. The van der Waals surface area contributed by atoms with Crippen LogP contribution in [0, 0.1) is 6.92 Å². The van der Waals surface area contributed by atoms with Gasteiger partial charge in [0.2, 0.25) is 0 Å². The number of carbonyl (C=O) groups excluding carboxylic acids is 2. The molecule has 108 valence electrons. The summed E-state index contributed by atoms with van der Waals surface area (Å²) in [6.45, 7) is 1.94. The number of hydrogen-bond acceptors (Lipinski definition) is 2. The van der Waals surface area contributed by atoms with Crippen molar-refractivity contribution in [2.45, 2.75) is 6.92 Å². The van der Waals surface area contributed by atoms with Gasteiger partial charge in [0, 0.05) is 14.6 Å². The first-order chi connectivity index (χ1) is 9.95. The predicted octanol–water partition coefficient (Wildman–Crippen LogP) is 4.10. The Hall–Kier alpha value is -1.66. The zero-order valence-electron chi connectivity index (χ0n) is 11.1. The summed E-state index contributed by atoms with van der Waals surface area (Å²) in [4.78, 5) is 23.7. The monoisotopic (exact) mass is 410 g/mol. The van der Waals surface area contributed by atoms with Crippen molar-refractivity contribution in [3.63, 3.8) is 0 Å². The molecule has 0 unspecified atom stereocenters. The van der Waals surface area contributed by atoms with Gasteiger partial charge in [0.15, 0.2) is 0 Å². The van der Waals surface area contributed by atoms with Crippen molar-refractivity contribution in [1.82, 2.24) is 0 Å². The Morgan fingerprint density at radius 2 is 1.52 bits per heavy atom. The number of hydrogen-bond donors (Lipinski definition) is 2. The van der Waals surface area contributed by atoms with E-state index in [-0.39, 0.29) is 0 Å². The average molecular weight is 412 g/mol. The highest BCUT2D eigenvalue weighted by Crippen LogP contribution is 2.23. The molecule has 0 aliphatic rings. The molecule has 0 radical (unpaired) electrons. The SMILES string of the molecule is Cc1ccc(NC(=O)C(=O)Nc2ccc(Br)cc2)c(Br)c1. The van der Waals surface area contributed by atoms with E-state index >= 15 is 0 Å². The van der Waals surface area contributed by atoms with Crippen LogP contribution in [-0.2, 0) is 9.59 Å². The molecule has 0 aliphatic heterocycles. The van der Waals surface area contributed by atoms with Gasteiger partial charge in [-0.25, -0.2) is 0 Å². The molecule has 0 aliphatic carbocycles. The summed E-state index contributed by atoms with van der Waals surface area (Å²) in [6.07, 6.45) is 0. The predicted molar refractivity (Wildman–Crippen MR) is 90.3 cm³/mol. The molecule has 21 heavy (non-hydrogen) atoms. The molecule has 0 saturated carbocycles. The highest BCUT2D eigenvalue weighted by molar-refractivity contribution is 9.10. The third-order valence-electron chi connectivity index (χ3n) is 2.68. The average Bonchev–Trinajstić information content (AvgIpc) is 2.44. The van der Waals surface area contributed by atoms with Crippen molar-refractivity contribution in [1.29, 1.82) is 0 Å². The van der Waals surface area contributed by atoms with E-state index in [0.29, 0.717) is 11.4 Å².